The first-order valence-corrected chi connectivity index (χ1v) is 5.50. The van der Waals surface area contributed by atoms with Gasteiger partial charge in [0.05, 0.1) is 11.7 Å². The molecule has 1 unspecified atom stereocenters. The maximum absolute atomic E-state index is 12.1. The Morgan fingerprint density at radius 2 is 1.81 bits per heavy atom. The summed E-state index contributed by atoms with van der Waals surface area (Å²) in [6, 6.07) is -0.440. The van der Waals surface area contributed by atoms with Crippen LogP contribution in [0.15, 0.2) is 0 Å². The maximum Gasteiger partial charge on any atom is 0.217 e. The average Bonchev–Trinajstić information content (AvgIpc) is 2.78. The zero-order valence-corrected chi connectivity index (χ0v) is 10.6. The molecule has 0 aromatic carbocycles. The van der Waals surface area contributed by atoms with Crippen molar-refractivity contribution in [1.29, 1.82) is 0 Å². The van der Waals surface area contributed by atoms with Gasteiger partial charge in [0.2, 0.25) is 5.91 Å². The Balaban J connectivity index is 2.70. The molecule has 5 nitrogen and oxygen atoms in total. The van der Waals surface area contributed by atoms with Crippen LogP contribution in [0, 0.1) is 5.41 Å². The standard InChI is InChI=1S/C11H21N3O2/c1-7(15)12-8(6-11(5)13-14-11)9(16)10(2,3)4/h8,13-14H,6H2,1-5H3,(H,12,15). The highest BCUT2D eigenvalue weighted by Gasteiger charge is 2.42. The summed E-state index contributed by atoms with van der Waals surface area (Å²) in [4.78, 5) is 23.2. The molecule has 1 saturated heterocycles. The summed E-state index contributed by atoms with van der Waals surface area (Å²) in [6.45, 7) is 8.97. The van der Waals surface area contributed by atoms with Gasteiger partial charge < -0.3 is 5.32 Å². The number of amides is 1. The van der Waals surface area contributed by atoms with Crippen LogP contribution in [0.25, 0.3) is 0 Å². The molecule has 3 N–H and O–H groups in total. The Morgan fingerprint density at radius 3 is 2.12 bits per heavy atom. The predicted octanol–water partition coefficient (Wildman–Crippen LogP) is 0.320. The van der Waals surface area contributed by atoms with Crippen LogP contribution in [0.4, 0.5) is 0 Å². The van der Waals surface area contributed by atoms with E-state index in [-0.39, 0.29) is 17.4 Å². The number of ketones is 1. The van der Waals surface area contributed by atoms with Gasteiger partial charge in [0, 0.05) is 18.8 Å². The van der Waals surface area contributed by atoms with E-state index < -0.39 is 11.5 Å². The van der Waals surface area contributed by atoms with Crippen molar-refractivity contribution in [3.8, 4) is 0 Å². The third kappa shape index (κ3) is 3.57. The minimum absolute atomic E-state index is 0.0550. The fraction of sp³-hybridized carbons (Fsp3) is 0.818. The first-order chi connectivity index (χ1) is 7.14. The Hall–Kier alpha value is -0.940. The molecule has 1 aliphatic heterocycles. The highest BCUT2D eigenvalue weighted by Crippen LogP contribution is 2.23. The Bertz CT molecular complexity index is 303. The molecule has 0 radical (unpaired) electrons. The van der Waals surface area contributed by atoms with Crippen molar-refractivity contribution in [2.45, 2.75) is 52.7 Å². The molecule has 0 aromatic rings. The first-order valence-electron chi connectivity index (χ1n) is 5.50. The third-order valence-corrected chi connectivity index (χ3v) is 2.60. The summed E-state index contributed by atoms with van der Waals surface area (Å²) in [5, 5.41) is 2.71. The molecular weight excluding hydrogens is 206 g/mol. The van der Waals surface area contributed by atoms with E-state index in [1.165, 1.54) is 6.92 Å². The van der Waals surface area contributed by atoms with Crippen molar-refractivity contribution >= 4 is 11.7 Å². The first kappa shape index (κ1) is 13.1. The summed E-state index contributed by atoms with van der Waals surface area (Å²) in [5.74, 6) is -0.119. The van der Waals surface area contributed by atoms with Crippen molar-refractivity contribution in [2.75, 3.05) is 0 Å². The smallest absolute Gasteiger partial charge is 0.217 e. The summed E-state index contributed by atoms with van der Waals surface area (Å²) in [6.07, 6.45) is 0.558. The molecule has 5 heteroatoms. The van der Waals surface area contributed by atoms with Gasteiger partial charge in [-0.2, -0.15) is 0 Å². The minimum atomic E-state index is -0.446. The number of Topliss-reactive ketones (excluding diaryl/α,β-unsaturated/α-hetero) is 1. The predicted molar refractivity (Wildman–Crippen MR) is 61.4 cm³/mol. The van der Waals surface area contributed by atoms with Crippen LogP contribution in [0.1, 0.15) is 41.0 Å². The van der Waals surface area contributed by atoms with Crippen LogP contribution in [-0.2, 0) is 9.59 Å². The Labute approximate surface area is 96.3 Å². The van der Waals surface area contributed by atoms with Gasteiger partial charge in [0.1, 0.15) is 0 Å². The normalized spacial score (nSPS) is 20.1. The number of hydrogen-bond donors (Lipinski definition) is 3. The molecule has 16 heavy (non-hydrogen) atoms. The number of nitrogens with one attached hydrogen (secondary N) is 3. The molecule has 0 aromatic heterocycles. The third-order valence-electron chi connectivity index (χ3n) is 2.60. The highest BCUT2D eigenvalue weighted by atomic mass is 16.2. The summed E-state index contributed by atoms with van der Waals surface area (Å²) in [5.41, 5.74) is 5.26. The molecule has 1 fully saturated rings. The molecule has 1 heterocycles. The van der Waals surface area contributed by atoms with E-state index in [4.69, 9.17) is 0 Å². The molecule has 0 spiro atoms. The number of carbonyl (C=O) groups is 2. The fourth-order valence-electron chi connectivity index (χ4n) is 1.59. The van der Waals surface area contributed by atoms with E-state index in [2.05, 4.69) is 16.2 Å². The summed E-state index contributed by atoms with van der Waals surface area (Å²) < 4.78 is 0. The minimum Gasteiger partial charge on any atom is -0.346 e. The van der Waals surface area contributed by atoms with Gasteiger partial charge in [-0.25, -0.2) is 10.9 Å². The van der Waals surface area contributed by atoms with Gasteiger partial charge >= 0.3 is 0 Å². The topological polar surface area (TPSA) is 90.1 Å². The summed E-state index contributed by atoms with van der Waals surface area (Å²) >= 11 is 0. The van der Waals surface area contributed by atoms with E-state index >= 15 is 0 Å². The molecule has 0 aliphatic carbocycles. The van der Waals surface area contributed by atoms with E-state index in [9.17, 15) is 9.59 Å². The number of rotatable bonds is 4. The number of carbonyl (C=O) groups excluding carboxylic acids is 2. The van der Waals surface area contributed by atoms with E-state index in [0.29, 0.717) is 6.42 Å². The van der Waals surface area contributed by atoms with Gasteiger partial charge in [0.15, 0.2) is 5.78 Å². The number of hydrogen-bond acceptors (Lipinski definition) is 4. The van der Waals surface area contributed by atoms with E-state index in [1.54, 1.807) is 0 Å². The SMILES string of the molecule is CC(=O)NC(CC1(C)NN1)C(=O)C(C)(C)C. The lowest BCUT2D eigenvalue weighted by Gasteiger charge is -2.26. The lowest BCUT2D eigenvalue weighted by Crippen LogP contribution is -2.47. The van der Waals surface area contributed by atoms with Crippen LogP contribution in [0.2, 0.25) is 0 Å². The number of hydrazine groups is 1. The lowest BCUT2D eigenvalue weighted by atomic mass is 9.84. The van der Waals surface area contributed by atoms with Gasteiger partial charge in [-0.3, -0.25) is 9.59 Å². The van der Waals surface area contributed by atoms with Crippen LogP contribution >= 0.6 is 0 Å². The second-order valence-corrected chi connectivity index (χ2v) is 5.65. The largest absolute Gasteiger partial charge is 0.346 e. The van der Waals surface area contributed by atoms with Crippen molar-refractivity contribution in [1.82, 2.24) is 16.2 Å². The van der Waals surface area contributed by atoms with Crippen LogP contribution in [0.3, 0.4) is 0 Å². The second kappa shape index (κ2) is 4.14. The lowest BCUT2D eigenvalue weighted by molar-refractivity contribution is -0.132. The van der Waals surface area contributed by atoms with Crippen molar-refractivity contribution < 1.29 is 9.59 Å². The van der Waals surface area contributed by atoms with Gasteiger partial charge in [-0.05, 0) is 6.92 Å². The summed E-state index contributed by atoms with van der Waals surface area (Å²) in [7, 11) is 0. The maximum atomic E-state index is 12.1. The van der Waals surface area contributed by atoms with E-state index in [1.807, 2.05) is 27.7 Å². The van der Waals surface area contributed by atoms with E-state index in [0.717, 1.165) is 0 Å². The molecule has 0 saturated carbocycles. The van der Waals surface area contributed by atoms with Gasteiger partial charge in [0.25, 0.3) is 0 Å². The van der Waals surface area contributed by atoms with Gasteiger partial charge in [-0.1, -0.05) is 20.8 Å². The Morgan fingerprint density at radius 1 is 1.31 bits per heavy atom. The zero-order chi connectivity index (χ0) is 12.6. The van der Waals surface area contributed by atoms with Gasteiger partial charge in [-0.15, -0.1) is 0 Å². The molecule has 1 amide bonds. The fourth-order valence-corrected chi connectivity index (χ4v) is 1.59. The zero-order valence-electron chi connectivity index (χ0n) is 10.6. The monoisotopic (exact) mass is 227 g/mol. The second-order valence-electron chi connectivity index (χ2n) is 5.65. The molecule has 0 bridgehead atoms. The van der Waals surface area contributed by atoms with Crippen LogP contribution < -0.4 is 16.2 Å². The average molecular weight is 227 g/mol. The highest BCUT2D eigenvalue weighted by molar-refractivity contribution is 5.92. The Kier molecular flexibility index (Phi) is 3.40. The van der Waals surface area contributed by atoms with Crippen molar-refractivity contribution in [2.24, 2.45) is 5.41 Å². The van der Waals surface area contributed by atoms with Crippen molar-refractivity contribution in [3.63, 3.8) is 0 Å². The molecule has 1 rings (SSSR count). The quantitative estimate of drug-likeness (QED) is 0.603. The molecule has 92 valence electrons. The molecular formula is C11H21N3O2. The molecule has 1 atom stereocenters. The van der Waals surface area contributed by atoms with Crippen LogP contribution in [-0.4, -0.2) is 23.4 Å². The molecule has 1 aliphatic rings. The van der Waals surface area contributed by atoms with Crippen LogP contribution in [0.5, 0.6) is 0 Å². The van der Waals surface area contributed by atoms with Crippen molar-refractivity contribution in [3.05, 3.63) is 0 Å².